The first-order valence-electron chi connectivity index (χ1n) is 8.61. The van der Waals surface area contributed by atoms with Crippen LogP contribution in [0.4, 0.5) is 5.69 Å². The number of thiazole rings is 1. The maximum atomic E-state index is 12.3. The second kappa shape index (κ2) is 7.78. The molecular weight excluding hydrogens is 334 g/mol. The molecule has 0 unspecified atom stereocenters. The molecule has 25 heavy (non-hydrogen) atoms. The monoisotopic (exact) mass is 357 g/mol. The maximum absolute atomic E-state index is 12.3. The zero-order valence-electron chi connectivity index (χ0n) is 14.6. The summed E-state index contributed by atoms with van der Waals surface area (Å²) in [5, 5.41) is 5.86. The Morgan fingerprint density at radius 1 is 1.36 bits per heavy atom. The Hall–Kier alpha value is -2.21. The van der Waals surface area contributed by atoms with E-state index in [0.29, 0.717) is 19.0 Å². The normalized spacial score (nSPS) is 17.3. The number of carbonyl (C=O) groups excluding carboxylic acids is 2. The molecule has 0 bridgehead atoms. The van der Waals surface area contributed by atoms with Gasteiger partial charge in [0.25, 0.3) is 0 Å². The van der Waals surface area contributed by atoms with Crippen molar-refractivity contribution in [2.75, 3.05) is 18.0 Å². The maximum Gasteiger partial charge on any atom is 0.227 e. The molecule has 3 rings (SSSR count). The van der Waals surface area contributed by atoms with Crippen molar-refractivity contribution < 1.29 is 9.59 Å². The molecule has 1 aliphatic heterocycles. The van der Waals surface area contributed by atoms with E-state index in [1.807, 2.05) is 17.5 Å². The van der Waals surface area contributed by atoms with Crippen LogP contribution in [-0.2, 0) is 16.0 Å². The molecule has 1 saturated heterocycles. The number of hydrogen-bond donors (Lipinski definition) is 1. The number of benzene rings is 1. The van der Waals surface area contributed by atoms with Crippen LogP contribution in [0.25, 0.3) is 0 Å². The number of aromatic nitrogens is 1. The number of amides is 2. The largest absolute Gasteiger partial charge is 0.355 e. The third-order valence-electron chi connectivity index (χ3n) is 4.49. The molecule has 1 aromatic heterocycles. The average molecular weight is 357 g/mol. The molecule has 6 heteroatoms. The van der Waals surface area contributed by atoms with E-state index in [9.17, 15) is 9.59 Å². The summed E-state index contributed by atoms with van der Waals surface area (Å²) in [6.45, 7) is 5.28. The summed E-state index contributed by atoms with van der Waals surface area (Å²) >= 11 is 1.58. The van der Waals surface area contributed by atoms with Gasteiger partial charge in [0.15, 0.2) is 0 Å². The molecule has 0 aliphatic carbocycles. The molecule has 0 spiro atoms. The minimum atomic E-state index is -0.284. The van der Waals surface area contributed by atoms with Gasteiger partial charge in [-0.2, -0.15) is 0 Å². The van der Waals surface area contributed by atoms with E-state index in [-0.39, 0.29) is 24.2 Å². The number of nitrogens with zero attached hydrogens (tertiary/aromatic N) is 2. The highest BCUT2D eigenvalue weighted by molar-refractivity contribution is 7.09. The van der Waals surface area contributed by atoms with E-state index in [0.717, 1.165) is 17.1 Å². The Kier molecular flexibility index (Phi) is 5.48. The fraction of sp³-hybridized carbons (Fsp3) is 0.421. The Balaban J connectivity index is 1.55. The number of anilines is 1. The van der Waals surface area contributed by atoms with Crippen molar-refractivity contribution in [1.82, 2.24) is 10.3 Å². The van der Waals surface area contributed by atoms with E-state index in [4.69, 9.17) is 0 Å². The summed E-state index contributed by atoms with van der Waals surface area (Å²) in [7, 11) is 0. The van der Waals surface area contributed by atoms with Gasteiger partial charge in [-0.15, -0.1) is 11.3 Å². The lowest BCUT2D eigenvalue weighted by molar-refractivity contribution is -0.126. The summed E-state index contributed by atoms with van der Waals surface area (Å²) in [5.74, 6) is 0.136. The van der Waals surface area contributed by atoms with Gasteiger partial charge in [-0.1, -0.05) is 26.0 Å². The van der Waals surface area contributed by atoms with Crippen molar-refractivity contribution in [3.8, 4) is 0 Å². The number of carbonyl (C=O) groups is 2. The van der Waals surface area contributed by atoms with E-state index in [2.05, 4.69) is 36.3 Å². The van der Waals surface area contributed by atoms with E-state index >= 15 is 0 Å². The van der Waals surface area contributed by atoms with Crippen molar-refractivity contribution >= 4 is 28.8 Å². The average Bonchev–Trinajstić information content (AvgIpc) is 3.24. The van der Waals surface area contributed by atoms with Gasteiger partial charge < -0.3 is 10.2 Å². The third-order valence-corrected chi connectivity index (χ3v) is 5.33. The van der Waals surface area contributed by atoms with Gasteiger partial charge in [0.1, 0.15) is 0 Å². The van der Waals surface area contributed by atoms with Gasteiger partial charge in [-0.3, -0.25) is 9.59 Å². The van der Waals surface area contributed by atoms with Gasteiger partial charge in [0.05, 0.1) is 10.9 Å². The minimum Gasteiger partial charge on any atom is -0.355 e. The highest BCUT2D eigenvalue weighted by atomic mass is 32.1. The molecular formula is C19H23N3O2S. The summed E-state index contributed by atoms with van der Waals surface area (Å²) in [4.78, 5) is 30.6. The first-order chi connectivity index (χ1) is 12.0. The predicted molar refractivity (Wildman–Crippen MR) is 99.8 cm³/mol. The summed E-state index contributed by atoms with van der Waals surface area (Å²) in [5.41, 5.74) is 2.11. The molecule has 0 saturated carbocycles. The molecule has 2 aromatic rings. The van der Waals surface area contributed by atoms with Crippen molar-refractivity contribution in [2.45, 2.75) is 32.6 Å². The lowest BCUT2D eigenvalue weighted by Gasteiger charge is -2.17. The molecule has 0 radical (unpaired) electrons. The SMILES string of the molecule is CC(C)c1ccc(N2C[C@@H](C(=O)NCCc3nccs3)CC2=O)cc1. The Labute approximate surface area is 152 Å². The van der Waals surface area contributed by atoms with Crippen LogP contribution in [0.5, 0.6) is 0 Å². The molecule has 132 valence electrons. The van der Waals surface area contributed by atoms with Gasteiger partial charge in [0, 0.05) is 43.2 Å². The van der Waals surface area contributed by atoms with Crippen molar-refractivity contribution in [2.24, 2.45) is 5.92 Å². The topological polar surface area (TPSA) is 62.3 Å². The highest BCUT2D eigenvalue weighted by Crippen LogP contribution is 2.27. The molecule has 1 aliphatic rings. The van der Waals surface area contributed by atoms with Gasteiger partial charge >= 0.3 is 0 Å². The molecule has 1 fully saturated rings. The smallest absolute Gasteiger partial charge is 0.227 e. The van der Waals surface area contributed by atoms with Crippen molar-refractivity contribution in [1.29, 1.82) is 0 Å². The van der Waals surface area contributed by atoms with Crippen LogP contribution in [0, 0.1) is 5.92 Å². The van der Waals surface area contributed by atoms with Crippen LogP contribution >= 0.6 is 11.3 Å². The second-order valence-corrected chi connectivity index (χ2v) is 7.60. The van der Waals surface area contributed by atoms with E-state index in [1.54, 1.807) is 22.4 Å². The van der Waals surface area contributed by atoms with Crippen LogP contribution < -0.4 is 10.2 Å². The van der Waals surface area contributed by atoms with Gasteiger partial charge in [0.2, 0.25) is 11.8 Å². The van der Waals surface area contributed by atoms with Gasteiger partial charge in [-0.25, -0.2) is 4.98 Å². The third kappa shape index (κ3) is 4.25. The standard InChI is InChI=1S/C19H23N3O2S/c1-13(2)14-3-5-16(6-4-14)22-12-15(11-18(22)23)19(24)21-8-7-17-20-9-10-25-17/h3-6,9-10,13,15H,7-8,11-12H2,1-2H3,(H,21,24)/t15-/m0/s1. The Bertz CT molecular complexity index is 726. The first-order valence-corrected chi connectivity index (χ1v) is 9.49. The highest BCUT2D eigenvalue weighted by Gasteiger charge is 2.34. The van der Waals surface area contributed by atoms with Gasteiger partial charge in [-0.05, 0) is 23.6 Å². The fourth-order valence-corrected chi connectivity index (χ4v) is 3.61. The van der Waals surface area contributed by atoms with E-state index in [1.165, 1.54) is 5.56 Å². The summed E-state index contributed by atoms with van der Waals surface area (Å²) in [6, 6.07) is 8.04. The zero-order chi connectivity index (χ0) is 17.8. The number of hydrogen-bond acceptors (Lipinski definition) is 4. The first kappa shape index (κ1) is 17.6. The lowest BCUT2D eigenvalue weighted by Crippen LogP contribution is -2.34. The van der Waals surface area contributed by atoms with Crippen LogP contribution in [0.15, 0.2) is 35.8 Å². The molecule has 1 N–H and O–H groups in total. The lowest BCUT2D eigenvalue weighted by atomic mass is 10.0. The number of rotatable bonds is 6. The summed E-state index contributed by atoms with van der Waals surface area (Å²) in [6.07, 6.45) is 2.76. The van der Waals surface area contributed by atoms with Crippen LogP contribution in [0.3, 0.4) is 0 Å². The predicted octanol–water partition coefficient (Wildman–Crippen LogP) is 2.98. The van der Waals surface area contributed by atoms with Crippen molar-refractivity contribution in [3.05, 3.63) is 46.4 Å². The Morgan fingerprint density at radius 2 is 2.12 bits per heavy atom. The second-order valence-electron chi connectivity index (χ2n) is 6.62. The van der Waals surface area contributed by atoms with Crippen LogP contribution in [0.2, 0.25) is 0 Å². The molecule has 2 heterocycles. The minimum absolute atomic E-state index is 0.0115. The van der Waals surface area contributed by atoms with Crippen LogP contribution in [-0.4, -0.2) is 29.9 Å². The quantitative estimate of drug-likeness (QED) is 0.864. The Morgan fingerprint density at radius 3 is 2.76 bits per heavy atom. The zero-order valence-corrected chi connectivity index (χ0v) is 15.4. The van der Waals surface area contributed by atoms with Crippen LogP contribution in [0.1, 0.15) is 36.8 Å². The molecule has 2 amide bonds. The van der Waals surface area contributed by atoms with E-state index < -0.39 is 0 Å². The fourth-order valence-electron chi connectivity index (χ4n) is 2.99. The summed E-state index contributed by atoms with van der Waals surface area (Å²) < 4.78 is 0. The molecule has 1 atom stereocenters. The molecule has 5 nitrogen and oxygen atoms in total. The van der Waals surface area contributed by atoms with Crippen molar-refractivity contribution in [3.63, 3.8) is 0 Å². The number of nitrogens with one attached hydrogen (secondary N) is 1. The molecule has 1 aromatic carbocycles.